The van der Waals surface area contributed by atoms with Crippen LogP contribution in [0.3, 0.4) is 0 Å². The van der Waals surface area contributed by atoms with Gasteiger partial charge in [-0.3, -0.25) is 4.79 Å². The highest BCUT2D eigenvalue weighted by Crippen LogP contribution is 2.13. The first kappa shape index (κ1) is 13.1. The molecule has 0 fully saturated rings. The molecule has 3 nitrogen and oxygen atoms in total. The van der Waals surface area contributed by atoms with E-state index >= 15 is 0 Å². The Morgan fingerprint density at radius 3 is 2.75 bits per heavy atom. The number of furan rings is 1. The first-order valence-corrected chi connectivity index (χ1v) is 5.93. The second-order valence-corrected chi connectivity index (χ2v) is 4.75. The summed E-state index contributed by atoms with van der Waals surface area (Å²) >= 11 is 5.81. The van der Waals surface area contributed by atoms with Crippen LogP contribution in [0.4, 0.5) is 0 Å². The summed E-state index contributed by atoms with van der Waals surface area (Å²) < 4.78 is 5.30. The highest BCUT2D eigenvalue weighted by molar-refractivity contribution is 6.20. The zero-order valence-electron chi connectivity index (χ0n) is 9.97. The number of carbonyl (C=O) groups excluding carboxylic acids is 1. The summed E-state index contributed by atoms with van der Waals surface area (Å²) in [6.45, 7) is 6.23. The number of halogens is 1. The third kappa shape index (κ3) is 3.89. The molecule has 0 saturated heterocycles. The molecule has 1 unspecified atom stereocenters. The van der Waals surface area contributed by atoms with Gasteiger partial charge in [0.15, 0.2) is 0 Å². The molecule has 0 spiro atoms. The zero-order valence-corrected chi connectivity index (χ0v) is 10.7. The van der Waals surface area contributed by atoms with E-state index < -0.39 is 0 Å². The van der Waals surface area contributed by atoms with Crippen LogP contribution in [-0.2, 0) is 0 Å². The van der Waals surface area contributed by atoms with Crippen molar-refractivity contribution in [3.05, 3.63) is 23.2 Å². The number of hydrogen-bond donors (Lipinski definition) is 1. The fraction of sp³-hybridized carbons (Fsp3) is 0.583. The van der Waals surface area contributed by atoms with Gasteiger partial charge in [-0.25, -0.2) is 0 Å². The quantitative estimate of drug-likeness (QED) is 0.638. The average Bonchev–Trinajstić information content (AvgIpc) is 2.52. The Balaban J connectivity index is 2.38. The van der Waals surface area contributed by atoms with Crippen LogP contribution < -0.4 is 5.32 Å². The Hall–Kier alpha value is -0.960. The van der Waals surface area contributed by atoms with E-state index in [1.165, 1.54) is 0 Å². The third-order valence-corrected chi connectivity index (χ3v) is 2.57. The van der Waals surface area contributed by atoms with Crippen molar-refractivity contribution < 1.29 is 9.21 Å². The van der Waals surface area contributed by atoms with Crippen LogP contribution in [0.1, 0.15) is 41.6 Å². The summed E-state index contributed by atoms with van der Waals surface area (Å²) in [5.41, 5.74) is 0.622. The molecule has 1 aromatic heterocycles. The van der Waals surface area contributed by atoms with Crippen molar-refractivity contribution in [1.82, 2.24) is 5.32 Å². The second kappa shape index (κ2) is 5.94. The minimum atomic E-state index is -0.0726. The first-order valence-electron chi connectivity index (χ1n) is 5.50. The fourth-order valence-electron chi connectivity index (χ4n) is 1.54. The van der Waals surface area contributed by atoms with E-state index in [1.807, 2.05) is 13.8 Å². The van der Waals surface area contributed by atoms with E-state index in [-0.39, 0.29) is 11.3 Å². The molecule has 0 aliphatic heterocycles. The zero-order chi connectivity index (χ0) is 12.1. The van der Waals surface area contributed by atoms with Gasteiger partial charge in [0.1, 0.15) is 11.5 Å². The van der Waals surface area contributed by atoms with Crippen molar-refractivity contribution in [3.63, 3.8) is 0 Å². The van der Waals surface area contributed by atoms with Gasteiger partial charge in [-0.2, -0.15) is 0 Å². The lowest BCUT2D eigenvalue weighted by Crippen LogP contribution is -2.24. The largest absolute Gasteiger partial charge is 0.466 e. The van der Waals surface area contributed by atoms with Crippen LogP contribution in [0, 0.1) is 13.8 Å². The van der Waals surface area contributed by atoms with Crippen molar-refractivity contribution in [3.8, 4) is 0 Å². The number of alkyl halides is 1. The van der Waals surface area contributed by atoms with Crippen LogP contribution >= 0.6 is 11.6 Å². The summed E-state index contributed by atoms with van der Waals surface area (Å²) in [5, 5.41) is 3.01. The van der Waals surface area contributed by atoms with Crippen molar-refractivity contribution in [2.45, 2.75) is 39.0 Å². The Morgan fingerprint density at radius 2 is 2.25 bits per heavy atom. The number of nitrogens with one attached hydrogen (secondary N) is 1. The number of hydrogen-bond acceptors (Lipinski definition) is 2. The normalized spacial score (nSPS) is 12.5. The highest BCUT2D eigenvalue weighted by atomic mass is 35.5. The molecule has 0 saturated carbocycles. The van der Waals surface area contributed by atoms with E-state index in [9.17, 15) is 4.79 Å². The van der Waals surface area contributed by atoms with Crippen LogP contribution in [0.15, 0.2) is 10.5 Å². The number of amides is 1. The van der Waals surface area contributed by atoms with Crippen LogP contribution in [0.2, 0.25) is 0 Å². The molecule has 1 N–H and O–H groups in total. The molecule has 0 aromatic carbocycles. The maximum atomic E-state index is 11.7. The van der Waals surface area contributed by atoms with Crippen molar-refractivity contribution >= 4 is 17.5 Å². The predicted molar refractivity (Wildman–Crippen MR) is 65.1 cm³/mol. The molecule has 1 aromatic rings. The number of carbonyl (C=O) groups is 1. The number of rotatable bonds is 5. The standard InChI is InChI=1S/C12H18ClNO2/c1-8(13)5-4-6-14-12(15)11-7-9(2)16-10(11)3/h7-8H,4-6H2,1-3H3,(H,14,15). The summed E-state index contributed by atoms with van der Waals surface area (Å²) in [5.74, 6) is 1.36. The van der Waals surface area contributed by atoms with Crippen LogP contribution in [0.5, 0.6) is 0 Å². The molecule has 1 rings (SSSR count). The summed E-state index contributed by atoms with van der Waals surface area (Å²) in [6, 6.07) is 1.76. The van der Waals surface area contributed by atoms with E-state index in [0.29, 0.717) is 17.9 Å². The van der Waals surface area contributed by atoms with Gasteiger partial charge in [0, 0.05) is 11.9 Å². The molecule has 0 radical (unpaired) electrons. The molecule has 4 heteroatoms. The second-order valence-electron chi connectivity index (χ2n) is 4.01. The van der Waals surface area contributed by atoms with E-state index in [2.05, 4.69) is 5.32 Å². The lowest BCUT2D eigenvalue weighted by Gasteiger charge is -2.05. The number of aryl methyl sites for hydroxylation is 2. The Kier molecular flexibility index (Phi) is 4.87. The first-order chi connectivity index (χ1) is 7.50. The van der Waals surface area contributed by atoms with Gasteiger partial charge in [0.25, 0.3) is 5.91 Å². The van der Waals surface area contributed by atoms with Crippen molar-refractivity contribution in [2.24, 2.45) is 0 Å². The third-order valence-electron chi connectivity index (χ3n) is 2.35. The summed E-state index contributed by atoms with van der Waals surface area (Å²) in [6.07, 6.45) is 1.80. The highest BCUT2D eigenvalue weighted by Gasteiger charge is 2.12. The van der Waals surface area contributed by atoms with E-state index in [0.717, 1.165) is 18.6 Å². The molecular formula is C12H18ClNO2. The molecule has 0 aliphatic rings. The minimum Gasteiger partial charge on any atom is -0.466 e. The van der Waals surface area contributed by atoms with Gasteiger partial charge >= 0.3 is 0 Å². The lowest BCUT2D eigenvalue weighted by molar-refractivity contribution is 0.0951. The maximum Gasteiger partial charge on any atom is 0.254 e. The van der Waals surface area contributed by atoms with Gasteiger partial charge in [-0.15, -0.1) is 11.6 Å². The molecule has 0 aliphatic carbocycles. The minimum absolute atomic E-state index is 0.0726. The maximum absolute atomic E-state index is 11.7. The van der Waals surface area contributed by atoms with Gasteiger partial charge in [-0.1, -0.05) is 0 Å². The summed E-state index contributed by atoms with van der Waals surface area (Å²) in [4.78, 5) is 11.7. The Labute approximate surface area is 101 Å². The molecule has 16 heavy (non-hydrogen) atoms. The van der Waals surface area contributed by atoms with Gasteiger partial charge in [0.2, 0.25) is 0 Å². The predicted octanol–water partition coefficient (Wildman–Crippen LogP) is 3.03. The monoisotopic (exact) mass is 243 g/mol. The fourth-order valence-corrected chi connectivity index (χ4v) is 1.69. The van der Waals surface area contributed by atoms with E-state index in [1.54, 1.807) is 13.0 Å². The lowest BCUT2D eigenvalue weighted by atomic mass is 10.2. The molecule has 1 atom stereocenters. The van der Waals surface area contributed by atoms with Gasteiger partial charge in [0.05, 0.1) is 5.56 Å². The van der Waals surface area contributed by atoms with E-state index in [4.69, 9.17) is 16.0 Å². The molecule has 90 valence electrons. The summed E-state index contributed by atoms with van der Waals surface area (Å²) in [7, 11) is 0. The molecule has 1 heterocycles. The average molecular weight is 244 g/mol. The SMILES string of the molecule is Cc1cc(C(=O)NCCCC(C)Cl)c(C)o1. The Bertz CT molecular complexity index is 358. The van der Waals surface area contributed by atoms with Gasteiger partial charge < -0.3 is 9.73 Å². The smallest absolute Gasteiger partial charge is 0.254 e. The topological polar surface area (TPSA) is 42.2 Å². The van der Waals surface area contributed by atoms with Crippen LogP contribution in [-0.4, -0.2) is 17.8 Å². The molecule has 1 amide bonds. The molecular weight excluding hydrogens is 226 g/mol. The molecule has 0 bridgehead atoms. The van der Waals surface area contributed by atoms with Crippen LogP contribution in [0.25, 0.3) is 0 Å². The van der Waals surface area contributed by atoms with Crippen molar-refractivity contribution in [1.29, 1.82) is 0 Å². The Morgan fingerprint density at radius 1 is 1.56 bits per heavy atom. The van der Waals surface area contributed by atoms with Gasteiger partial charge in [-0.05, 0) is 39.7 Å². The van der Waals surface area contributed by atoms with Crippen molar-refractivity contribution in [2.75, 3.05) is 6.54 Å².